The van der Waals surface area contributed by atoms with Crippen molar-refractivity contribution in [2.45, 2.75) is 51.4 Å². The monoisotopic (exact) mass is 448 g/mol. The van der Waals surface area contributed by atoms with Gasteiger partial charge in [0.1, 0.15) is 0 Å². The Kier molecular flexibility index (Phi) is 7.37. The summed E-state index contributed by atoms with van der Waals surface area (Å²) in [6.45, 7) is 4.67. The fourth-order valence-electron chi connectivity index (χ4n) is 4.77. The van der Waals surface area contributed by atoms with Crippen molar-refractivity contribution in [3.63, 3.8) is 0 Å². The maximum absolute atomic E-state index is 5.87. The van der Waals surface area contributed by atoms with Gasteiger partial charge in [0.2, 0.25) is 0 Å². The van der Waals surface area contributed by atoms with Crippen LogP contribution in [0.5, 0.6) is 0 Å². The molecule has 4 N–H and O–H groups in total. The Morgan fingerprint density at radius 3 is 1.21 bits per heavy atom. The number of hydrogen-bond donors (Lipinski definition) is 2. The van der Waals surface area contributed by atoms with Gasteiger partial charge >= 0.3 is 0 Å². The Balaban J connectivity index is 1.64. The molecule has 0 bridgehead atoms. The van der Waals surface area contributed by atoms with Crippen molar-refractivity contribution in [2.24, 2.45) is 0 Å². The largest absolute Gasteiger partial charge is 0.399 e. The van der Waals surface area contributed by atoms with Crippen LogP contribution in [-0.2, 0) is 5.41 Å². The molecule has 34 heavy (non-hydrogen) atoms. The molecular weight excluding hydrogens is 412 g/mol. The molecule has 0 amide bonds. The second kappa shape index (κ2) is 10.6. The van der Waals surface area contributed by atoms with Crippen molar-refractivity contribution in [2.75, 3.05) is 11.5 Å². The molecule has 0 saturated heterocycles. The van der Waals surface area contributed by atoms with Gasteiger partial charge in [0, 0.05) is 16.8 Å². The molecule has 0 heterocycles. The van der Waals surface area contributed by atoms with E-state index in [0.29, 0.717) is 0 Å². The Labute approximate surface area is 204 Å². The van der Waals surface area contributed by atoms with E-state index in [9.17, 15) is 0 Å². The van der Waals surface area contributed by atoms with Crippen LogP contribution >= 0.6 is 0 Å². The Hall–Kier alpha value is -3.52. The summed E-state index contributed by atoms with van der Waals surface area (Å²) in [5.74, 6) is 0. The van der Waals surface area contributed by atoms with Gasteiger partial charge in [-0.25, -0.2) is 0 Å². The van der Waals surface area contributed by atoms with Gasteiger partial charge in [-0.15, -0.1) is 0 Å². The average molecular weight is 449 g/mol. The first-order valence-electron chi connectivity index (χ1n) is 12.4. The predicted molar refractivity (Wildman–Crippen MR) is 148 cm³/mol. The van der Waals surface area contributed by atoms with Gasteiger partial charge in [0.05, 0.1) is 0 Å². The molecule has 0 atom stereocenters. The fraction of sp³-hybridized carbons (Fsp3) is 0.250. The minimum absolute atomic E-state index is 0.0347. The van der Waals surface area contributed by atoms with Crippen molar-refractivity contribution in [3.8, 4) is 22.3 Å². The number of benzene rings is 4. The molecule has 0 fully saturated rings. The molecule has 0 saturated carbocycles. The lowest BCUT2D eigenvalue weighted by molar-refractivity contribution is 0.478. The van der Waals surface area contributed by atoms with Crippen LogP contribution in [0.3, 0.4) is 0 Å². The van der Waals surface area contributed by atoms with E-state index in [1.165, 1.54) is 59.1 Å². The van der Waals surface area contributed by atoms with Crippen LogP contribution in [0.25, 0.3) is 22.3 Å². The SMILES string of the molecule is CCCCCCC(C)(c1ccc(-c2ccc(N)cc2)cc1)c1ccc(-c2ccc(N)cc2)cc1. The third-order valence-electron chi connectivity index (χ3n) is 7.06. The van der Waals surface area contributed by atoms with Crippen LogP contribution in [0.15, 0.2) is 97.1 Å². The highest BCUT2D eigenvalue weighted by atomic mass is 14.5. The number of rotatable bonds is 9. The smallest absolute Gasteiger partial charge is 0.0314 e. The molecule has 0 unspecified atom stereocenters. The second-order valence-corrected chi connectivity index (χ2v) is 9.54. The van der Waals surface area contributed by atoms with E-state index in [1.54, 1.807) is 0 Å². The van der Waals surface area contributed by atoms with E-state index in [0.717, 1.165) is 17.8 Å². The molecule has 4 rings (SSSR count). The summed E-state index contributed by atoms with van der Waals surface area (Å²) in [5.41, 5.74) is 20.8. The summed E-state index contributed by atoms with van der Waals surface area (Å²) in [7, 11) is 0. The van der Waals surface area contributed by atoms with E-state index < -0.39 is 0 Å². The van der Waals surface area contributed by atoms with Gasteiger partial charge in [-0.2, -0.15) is 0 Å². The summed E-state index contributed by atoms with van der Waals surface area (Å²) >= 11 is 0. The van der Waals surface area contributed by atoms with E-state index in [-0.39, 0.29) is 5.41 Å². The van der Waals surface area contributed by atoms with Gasteiger partial charge in [0.15, 0.2) is 0 Å². The molecule has 0 aliphatic carbocycles. The standard InChI is InChI=1S/C32H36N2/c1-3-4-5-6-23-32(2,28-15-7-24(8-16-28)26-11-19-30(33)20-12-26)29-17-9-25(10-18-29)27-13-21-31(34)22-14-27/h7-22H,3-6,23,33-34H2,1-2H3. The molecule has 0 aromatic heterocycles. The number of hydrogen-bond acceptors (Lipinski definition) is 2. The molecule has 2 nitrogen and oxygen atoms in total. The number of nitrogen functional groups attached to an aromatic ring is 2. The lowest BCUT2D eigenvalue weighted by atomic mass is 9.72. The minimum Gasteiger partial charge on any atom is -0.399 e. The van der Waals surface area contributed by atoms with Crippen LogP contribution in [0.4, 0.5) is 11.4 Å². The van der Waals surface area contributed by atoms with Crippen LogP contribution in [0, 0.1) is 0 Å². The third-order valence-corrected chi connectivity index (χ3v) is 7.06. The Morgan fingerprint density at radius 1 is 0.500 bits per heavy atom. The van der Waals surface area contributed by atoms with Gasteiger partial charge in [-0.3, -0.25) is 0 Å². The Bertz CT molecular complexity index is 1080. The predicted octanol–water partition coefficient (Wildman–Crippen LogP) is 8.46. The highest BCUT2D eigenvalue weighted by Crippen LogP contribution is 2.39. The normalized spacial score (nSPS) is 11.5. The van der Waals surface area contributed by atoms with Crippen LogP contribution < -0.4 is 11.5 Å². The molecule has 4 aromatic carbocycles. The molecule has 2 heteroatoms. The van der Waals surface area contributed by atoms with E-state index in [2.05, 4.69) is 86.6 Å². The zero-order valence-electron chi connectivity index (χ0n) is 20.4. The maximum Gasteiger partial charge on any atom is 0.0314 e. The van der Waals surface area contributed by atoms with Crippen molar-refractivity contribution in [1.29, 1.82) is 0 Å². The van der Waals surface area contributed by atoms with Crippen molar-refractivity contribution >= 4 is 11.4 Å². The van der Waals surface area contributed by atoms with Crippen LogP contribution in [0.2, 0.25) is 0 Å². The first-order valence-corrected chi connectivity index (χ1v) is 12.4. The molecular formula is C32H36N2. The van der Waals surface area contributed by atoms with Gasteiger partial charge in [0.25, 0.3) is 0 Å². The first kappa shape index (κ1) is 23.6. The number of nitrogens with two attached hydrogens (primary N) is 2. The summed E-state index contributed by atoms with van der Waals surface area (Å²) < 4.78 is 0. The molecule has 174 valence electrons. The molecule has 0 aliphatic heterocycles. The van der Waals surface area contributed by atoms with Crippen LogP contribution in [-0.4, -0.2) is 0 Å². The topological polar surface area (TPSA) is 52.0 Å². The lowest BCUT2D eigenvalue weighted by Crippen LogP contribution is -2.23. The highest BCUT2D eigenvalue weighted by molar-refractivity contribution is 5.67. The molecule has 0 aliphatic rings. The van der Waals surface area contributed by atoms with Crippen molar-refractivity contribution in [1.82, 2.24) is 0 Å². The van der Waals surface area contributed by atoms with E-state index in [4.69, 9.17) is 11.5 Å². The number of anilines is 2. The third kappa shape index (κ3) is 5.34. The first-order chi connectivity index (χ1) is 16.5. The van der Waals surface area contributed by atoms with Crippen molar-refractivity contribution < 1.29 is 0 Å². The highest BCUT2D eigenvalue weighted by Gasteiger charge is 2.28. The summed E-state index contributed by atoms with van der Waals surface area (Å²) in [6, 6.07) is 34.4. The second-order valence-electron chi connectivity index (χ2n) is 9.54. The van der Waals surface area contributed by atoms with E-state index >= 15 is 0 Å². The summed E-state index contributed by atoms with van der Waals surface area (Å²) in [4.78, 5) is 0. The zero-order chi connectivity index (χ0) is 24.0. The summed E-state index contributed by atoms with van der Waals surface area (Å²) in [6.07, 6.45) is 6.18. The Morgan fingerprint density at radius 2 is 0.853 bits per heavy atom. The zero-order valence-corrected chi connectivity index (χ0v) is 20.4. The average Bonchev–Trinajstić information content (AvgIpc) is 2.88. The van der Waals surface area contributed by atoms with Crippen molar-refractivity contribution in [3.05, 3.63) is 108 Å². The maximum atomic E-state index is 5.87. The molecule has 0 radical (unpaired) electrons. The fourth-order valence-corrected chi connectivity index (χ4v) is 4.77. The molecule has 0 spiro atoms. The lowest BCUT2D eigenvalue weighted by Gasteiger charge is -2.32. The van der Waals surface area contributed by atoms with Gasteiger partial charge in [-0.1, -0.05) is 112 Å². The van der Waals surface area contributed by atoms with Gasteiger partial charge < -0.3 is 11.5 Å². The van der Waals surface area contributed by atoms with Crippen LogP contribution in [0.1, 0.15) is 57.1 Å². The molecule has 4 aromatic rings. The quantitative estimate of drug-likeness (QED) is 0.199. The van der Waals surface area contributed by atoms with E-state index in [1.807, 2.05) is 24.3 Å². The summed E-state index contributed by atoms with van der Waals surface area (Å²) in [5, 5.41) is 0. The van der Waals surface area contributed by atoms with Gasteiger partial charge in [-0.05, 0) is 64.1 Å². The number of unbranched alkanes of at least 4 members (excludes halogenated alkanes) is 3. The minimum atomic E-state index is -0.0347.